The van der Waals surface area contributed by atoms with E-state index in [1.807, 2.05) is 6.92 Å². The number of aliphatic hydroxyl groups is 1. The first-order valence-electron chi connectivity index (χ1n) is 6.58. The molecule has 2 rings (SSSR count). The molecule has 1 aromatic rings. The Hall–Kier alpha value is -1.34. The molecule has 0 radical (unpaired) electrons. The van der Waals surface area contributed by atoms with Gasteiger partial charge in [0.1, 0.15) is 10.7 Å². The van der Waals surface area contributed by atoms with Gasteiger partial charge in [0.15, 0.2) is 5.13 Å². The van der Waals surface area contributed by atoms with Gasteiger partial charge in [-0.25, -0.2) is 4.98 Å². The maximum Gasteiger partial charge on any atom is 0.265 e. The Balaban J connectivity index is 1.92. The van der Waals surface area contributed by atoms with Gasteiger partial charge in [0.25, 0.3) is 5.91 Å². The lowest BCUT2D eigenvalue weighted by Crippen LogP contribution is -2.32. The third-order valence-electron chi connectivity index (χ3n) is 3.33. The minimum atomic E-state index is -0.295. The Morgan fingerprint density at radius 1 is 1.58 bits per heavy atom. The van der Waals surface area contributed by atoms with E-state index in [4.69, 9.17) is 5.73 Å². The van der Waals surface area contributed by atoms with Crippen LogP contribution in [0.2, 0.25) is 0 Å². The highest BCUT2D eigenvalue weighted by atomic mass is 32.1. The fraction of sp³-hybridized carbons (Fsp3) is 0.667. The number of carbonyl (C=O) groups excluding carboxylic acids is 1. The largest absolute Gasteiger partial charge is 0.393 e. The molecule has 5 N–H and O–H groups in total. The van der Waals surface area contributed by atoms with E-state index in [1.54, 1.807) is 0 Å². The average Bonchev–Trinajstić information content (AvgIpc) is 2.93. The Morgan fingerprint density at radius 2 is 2.37 bits per heavy atom. The zero-order chi connectivity index (χ0) is 13.8. The molecule has 0 saturated heterocycles. The summed E-state index contributed by atoms with van der Waals surface area (Å²) in [7, 11) is 0. The van der Waals surface area contributed by atoms with Gasteiger partial charge in [-0.3, -0.25) is 4.79 Å². The number of rotatable bonds is 5. The van der Waals surface area contributed by atoms with E-state index in [1.165, 1.54) is 11.3 Å². The van der Waals surface area contributed by atoms with Crippen LogP contribution in [0.5, 0.6) is 0 Å². The van der Waals surface area contributed by atoms with E-state index < -0.39 is 0 Å². The molecule has 1 aliphatic rings. The lowest BCUT2D eigenvalue weighted by Gasteiger charge is -2.14. The van der Waals surface area contributed by atoms with Gasteiger partial charge in [0.05, 0.1) is 6.10 Å². The van der Waals surface area contributed by atoms with Crippen LogP contribution >= 0.6 is 11.3 Å². The molecule has 1 fully saturated rings. The van der Waals surface area contributed by atoms with Gasteiger partial charge in [-0.2, -0.15) is 0 Å². The van der Waals surface area contributed by atoms with Crippen molar-refractivity contribution in [3.05, 3.63) is 4.88 Å². The number of nitrogens with zero attached hydrogens (tertiary/aromatic N) is 1. The van der Waals surface area contributed by atoms with Crippen molar-refractivity contribution in [2.24, 2.45) is 5.92 Å². The van der Waals surface area contributed by atoms with E-state index >= 15 is 0 Å². The Labute approximate surface area is 116 Å². The highest BCUT2D eigenvalue weighted by molar-refractivity contribution is 7.18. The highest BCUT2D eigenvalue weighted by Gasteiger charge is 2.26. The zero-order valence-corrected chi connectivity index (χ0v) is 11.8. The zero-order valence-electron chi connectivity index (χ0n) is 11.0. The van der Waals surface area contributed by atoms with Crippen LogP contribution in [0, 0.1) is 5.92 Å². The lowest BCUT2D eigenvalue weighted by molar-refractivity contribution is 0.0921. The topological polar surface area (TPSA) is 100 Å². The molecule has 2 atom stereocenters. The number of amides is 1. The molecule has 1 saturated carbocycles. The van der Waals surface area contributed by atoms with Crippen LogP contribution in [0.4, 0.5) is 10.9 Å². The molecular weight excluding hydrogens is 264 g/mol. The fourth-order valence-electron chi connectivity index (χ4n) is 2.28. The summed E-state index contributed by atoms with van der Waals surface area (Å²) in [6.45, 7) is 3.19. The maximum absolute atomic E-state index is 12.0. The molecule has 0 bridgehead atoms. The summed E-state index contributed by atoms with van der Waals surface area (Å²) in [4.78, 5) is 16.5. The minimum absolute atomic E-state index is 0.159. The number of carbonyl (C=O) groups is 1. The number of nitrogen functional groups attached to an aromatic ring is 1. The van der Waals surface area contributed by atoms with Crippen molar-refractivity contribution in [2.45, 2.75) is 32.3 Å². The van der Waals surface area contributed by atoms with Crippen LogP contribution in [-0.2, 0) is 0 Å². The SMILES string of the molecule is CCNc1nc(N)c(C(=O)NCC2CCCC2O)s1. The molecule has 7 heteroatoms. The molecule has 1 heterocycles. The van der Waals surface area contributed by atoms with Gasteiger partial charge in [0.2, 0.25) is 0 Å². The van der Waals surface area contributed by atoms with Crippen LogP contribution in [0.15, 0.2) is 0 Å². The van der Waals surface area contributed by atoms with Gasteiger partial charge in [0, 0.05) is 19.0 Å². The average molecular weight is 284 g/mol. The molecule has 2 unspecified atom stereocenters. The molecule has 1 aliphatic carbocycles. The van der Waals surface area contributed by atoms with Gasteiger partial charge in [-0.05, 0) is 19.8 Å². The molecule has 106 valence electrons. The minimum Gasteiger partial charge on any atom is -0.393 e. The number of anilines is 2. The van der Waals surface area contributed by atoms with Crippen molar-refractivity contribution in [1.29, 1.82) is 0 Å². The molecule has 1 amide bonds. The number of nitrogens with one attached hydrogen (secondary N) is 2. The first kappa shape index (κ1) is 14.1. The Morgan fingerprint density at radius 3 is 3.00 bits per heavy atom. The first-order chi connectivity index (χ1) is 9.11. The van der Waals surface area contributed by atoms with E-state index in [0.717, 1.165) is 25.8 Å². The number of nitrogens with two attached hydrogens (primary N) is 1. The van der Waals surface area contributed by atoms with Gasteiger partial charge in [-0.15, -0.1) is 0 Å². The summed E-state index contributed by atoms with van der Waals surface area (Å²) in [5, 5.41) is 16.2. The van der Waals surface area contributed by atoms with Crippen LogP contribution in [0.25, 0.3) is 0 Å². The Bertz CT molecular complexity index is 449. The molecule has 6 nitrogen and oxygen atoms in total. The number of hydrogen-bond donors (Lipinski definition) is 4. The second kappa shape index (κ2) is 6.21. The summed E-state index contributed by atoms with van der Waals surface area (Å²) < 4.78 is 0. The third-order valence-corrected chi connectivity index (χ3v) is 4.36. The predicted molar refractivity (Wildman–Crippen MR) is 76.4 cm³/mol. The normalized spacial score (nSPS) is 22.4. The molecular formula is C12H20N4O2S. The van der Waals surface area contributed by atoms with Crippen molar-refractivity contribution in [3.8, 4) is 0 Å². The number of thiazole rings is 1. The van der Waals surface area contributed by atoms with Crippen molar-refractivity contribution < 1.29 is 9.90 Å². The van der Waals surface area contributed by atoms with Crippen LogP contribution in [0.3, 0.4) is 0 Å². The van der Waals surface area contributed by atoms with Crippen molar-refractivity contribution in [3.63, 3.8) is 0 Å². The number of aromatic nitrogens is 1. The summed E-state index contributed by atoms with van der Waals surface area (Å²) in [6, 6.07) is 0. The monoisotopic (exact) mass is 284 g/mol. The van der Waals surface area contributed by atoms with Crippen molar-refractivity contribution >= 4 is 28.2 Å². The van der Waals surface area contributed by atoms with Crippen LogP contribution < -0.4 is 16.4 Å². The molecule has 0 aliphatic heterocycles. The third kappa shape index (κ3) is 3.36. The van der Waals surface area contributed by atoms with Crippen molar-refractivity contribution in [2.75, 3.05) is 24.1 Å². The highest BCUT2D eigenvalue weighted by Crippen LogP contribution is 2.26. The number of hydrogen-bond acceptors (Lipinski definition) is 6. The van der Waals surface area contributed by atoms with Crippen LogP contribution in [0.1, 0.15) is 35.9 Å². The molecule has 1 aromatic heterocycles. The van der Waals surface area contributed by atoms with Gasteiger partial charge < -0.3 is 21.5 Å². The van der Waals surface area contributed by atoms with Gasteiger partial charge >= 0.3 is 0 Å². The van der Waals surface area contributed by atoms with E-state index in [-0.39, 0.29) is 23.7 Å². The second-order valence-corrected chi connectivity index (χ2v) is 5.73. The first-order valence-corrected chi connectivity index (χ1v) is 7.40. The molecule has 0 spiro atoms. The standard InChI is InChI=1S/C12H20N4O2S/c1-2-14-12-16-10(13)9(19-12)11(18)15-6-7-4-3-5-8(7)17/h7-8,17H,2-6,13H2,1H3,(H,14,16)(H,15,18). The second-order valence-electron chi connectivity index (χ2n) is 4.73. The Kier molecular flexibility index (Phi) is 4.60. The van der Waals surface area contributed by atoms with E-state index in [9.17, 15) is 9.90 Å². The molecule has 19 heavy (non-hydrogen) atoms. The van der Waals surface area contributed by atoms with Crippen LogP contribution in [-0.4, -0.2) is 35.2 Å². The smallest absolute Gasteiger partial charge is 0.265 e. The maximum atomic E-state index is 12.0. The summed E-state index contributed by atoms with van der Waals surface area (Å²) in [5.41, 5.74) is 5.73. The number of aliphatic hydroxyl groups excluding tert-OH is 1. The summed E-state index contributed by atoms with van der Waals surface area (Å²) in [6.07, 6.45) is 2.52. The quantitative estimate of drug-likeness (QED) is 0.647. The van der Waals surface area contributed by atoms with Crippen molar-refractivity contribution in [1.82, 2.24) is 10.3 Å². The van der Waals surface area contributed by atoms with Gasteiger partial charge in [-0.1, -0.05) is 17.8 Å². The van der Waals surface area contributed by atoms with E-state index in [0.29, 0.717) is 16.6 Å². The summed E-state index contributed by atoms with van der Waals surface area (Å²) >= 11 is 1.25. The predicted octanol–water partition coefficient (Wildman–Crippen LogP) is 1.05. The fourth-order valence-corrected chi connectivity index (χ4v) is 3.15. The lowest BCUT2D eigenvalue weighted by atomic mass is 10.1. The van der Waals surface area contributed by atoms with E-state index in [2.05, 4.69) is 15.6 Å². The summed E-state index contributed by atoms with van der Waals surface area (Å²) in [5.74, 6) is 0.204. The molecule has 0 aromatic carbocycles.